The third-order valence-corrected chi connectivity index (χ3v) is 7.41. The van der Waals surface area contributed by atoms with Crippen molar-refractivity contribution in [3.63, 3.8) is 0 Å². The molecule has 7 heteroatoms. The van der Waals surface area contributed by atoms with E-state index < -0.39 is 17.9 Å². The molecule has 2 heterocycles. The van der Waals surface area contributed by atoms with E-state index in [-0.39, 0.29) is 5.91 Å². The van der Waals surface area contributed by atoms with Crippen LogP contribution in [-0.2, 0) is 11.2 Å². The van der Waals surface area contributed by atoms with Crippen LogP contribution in [-0.4, -0.2) is 33.0 Å². The molecule has 3 aromatic rings. The molecule has 2 aromatic heterocycles. The van der Waals surface area contributed by atoms with Crippen LogP contribution in [0.3, 0.4) is 0 Å². The van der Waals surface area contributed by atoms with Gasteiger partial charge >= 0.3 is 5.97 Å². The molecule has 2 atom stereocenters. The number of benzene rings is 1. The van der Waals surface area contributed by atoms with Crippen molar-refractivity contribution >= 4 is 17.5 Å². The summed E-state index contributed by atoms with van der Waals surface area (Å²) in [6, 6.07) is 8.96. The van der Waals surface area contributed by atoms with Gasteiger partial charge in [-0.1, -0.05) is 37.5 Å². The van der Waals surface area contributed by atoms with E-state index in [1.165, 1.54) is 32.1 Å². The number of carbonyl (C=O) groups is 2. The first-order valence-corrected chi connectivity index (χ1v) is 12.2. The lowest BCUT2D eigenvalue weighted by molar-refractivity contribution is -0.142. The number of carbonyl (C=O) groups excluding carboxylic acids is 1. The van der Waals surface area contributed by atoms with Crippen LogP contribution < -0.4 is 10.1 Å². The number of carboxylic acids is 1. The summed E-state index contributed by atoms with van der Waals surface area (Å²) in [4.78, 5) is 30.1. The van der Waals surface area contributed by atoms with Gasteiger partial charge in [0.15, 0.2) is 11.4 Å². The van der Waals surface area contributed by atoms with Crippen molar-refractivity contribution in [2.24, 2.45) is 11.8 Å². The van der Waals surface area contributed by atoms with E-state index in [0.29, 0.717) is 41.7 Å². The van der Waals surface area contributed by atoms with Gasteiger partial charge < -0.3 is 15.2 Å². The van der Waals surface area contributed by atoms with E-state index in [0.717, 1.165) is 16.7 Å². The van der Waals surface area contributed by atoms with Crippen molar-refractivity contribution in [2.45, 2.75) is 58.4 Å². The number of amides is 1. The molecule has 2 N–H and O–H groups in total. The van der Waals surface area contributed by atoms with Gasteiger partial charge in [-0.05, 0) is 67.9 Å². The van der Waals surface area contributed by atoms with Crippen molar-refractivity contribution in [2.75, 3.05) is 6.61 Å². The monoisotopic (exact) mass is 461 g/mol. The number of aryl methyl sites for hydroxylation is 2. The smallest absolute Gasteiger partial charge is 0.309 e. The first kappa shape index (κ1) is 22.4. The van der Waals surface area contributed by atoms with Crippen LogP contribution in [0.5, 0.6) is 5.75 Å². The van der Waals surface area contributed by atoms with Crippen molar-refractivity contribution in [3.8, 4) is 5.75 Å². The summed E-state index contributed by atoms with van der Waals surface area (Å²) in [6.45, 7) is 4.44. The lowest BCUT2D eigenvalue weighted by Crippen LogP contribution is -2.35. The molecule has 0 aliphatic heterocycles. The summed E-state index contributed by atoms with van der Waals surface area (Å²) in [7, 11) is 0. The van der Waals surface area contributed by atoms with Gasteiger partial charge in [-0.2, -0.15) is 0 Å². The van der Waals surface area contributed by atoms with Crippen LogP contribution in [0, 0.1) is 25.7 Å². The van der Waals surface area contributed by atoms with Crippen LogP contribution in [0.1, 0.15) is 71.0 Å². The highest BCUT2D eigenvalue weighted by atomic mass is 16.5. The van der Waals surface area contributed by atoms with Crippen LogP contribution in [0.4, 0.5) is 0 Å². The number of carboxylic acid groups (broad SMARTS) is 1. The number of aromatic nitrogens is 2. The number of nitrogens with one attached hydrogen (secondary N) is 1. The Morgan fingerprint density at radius 2 is 1.94 bits per heavy atom. The Balaban J connectivity index is 1.42. The molecule has 0 bridgehead atoms. The summed E-state index contributed by atoms with van der Waals surface area (Å²) in [5, 5.41) is 12.8. The second-order valence-electron chi connectivity index (χ2n) is 9.67. The summed E-state index contributed by atoms with van der Waals surface area (Å²) in [5.74, 6) is -0.713. The highest BCUT2D eigenvalue weighted by Gasteiger charge is 2.39. The first-order valence-electron chi connectivity index (χ1n) is 12.2. The van der Waals surface area contributed by atoms with Crippen molar-refractivity contribution in [3.05, 3.63) is 64.6 Å². The number of hydrogen-bond donors (Lipinski definition) is 2. The second-order valence-corrected chi connectivity index (χ2v) is 9.67. The largest absolute Gasteiger partial charge is 0.489 e. The standard InChI is InChI=1S/C27H31N3O4/c1-16-8-6-11-19-20(16)14-21(27(32)33)23(19)29-26(31)24-17(2)28-25-22(12-7-13-30(24)25)34-15-18-9-4-3-5-10-18/h6-8,11-13,18,21,23H,3-5,9-10,14-15H2,1-2H3,(H,29,31)(H,32,33)/t21-,23?/m1/s1. The SMILES string of the molecule is Cc1cccc2c1C[C@@H](C(=O)O)C2NC(=O)c1c(C)nc2c(OCC3CCCCC3)cccn12. The molecule has 0 spiro atoms. The number of aliphatic carboxylic acids is 1. The van der Waals surface area contributed by atoms with E-state index in [4.69, 9.17) is 4.74 Å². The zero-order valence-electron chi connectivity index (χ0n) is 19.7. The van der Waals surface area contributed by atoms with E-state index >= 15 is 0 Å². The lowest BCUT2D eigenvalue weighted by Gasteiger charge is -2.21. The predicted octanol–water partition coefficient (Wildman–Crippen LogP) is 4.64. The number of imidazole rings is 1. The molecular formula is C27H31N3O4. The van der Waals surface area contributed by atoms with Gasteiger partial charge in [0.2, 0.25) is 0 Å². The van der Waals surface area contributed by atoms with Gasteiger partial charge in [0.1, 0.15) is 5.69 Å². The Hall–Kier alpha value is -3.35. The topological polar surface area (TPSA) is 92.9 Å². The van der Waals surface area contributed by atoms with Gasteiger partial charge in [-0.3, -0.25) is 14.0 Å². The molecule has 1 amide bonds. The molecule has 1 aromatic carbocycles. The van der Waals surface area contributed by atoms with Crippen LogP contribution >= 0.6 is 0 Å². The minimum absolute atomic E-state index is 0.333. The quantitative estimate of drug-likeness (QED) is 0.558. The second kappa shape index (κ2) is 9.12. The Kier molecular flexibility index (Phi) is 6.02. The normalized spacial score (nSPS) is 20.3. The molecule has 2 aliphatic rings. The van der Waals surface area contributed by atoms with Crippen molar-refractivity contribution in [1.29, 1.82) is 0 Å². The lowest BCUT2D eigenvalue weighted by atomic mass is 9.90. The molecule has 1 fully saturated rings. The van der Waals surface area contributed by atoms with Gasteiger partial charge in [0.25, 0.3) is 5.91 Å². The van der Waals surface area contributed by atoms with Gasteiger partial charge in [0, 0.05) is 6.20 Å². The summed E-state index contributed by atoms with van der Waals surface area (Å²) < 4.78 is 7.91. The van der Waals surface area contributed by atoms with Gasteiger partial charge in [0.05, 0.1) is 24.3 Å². The number of fused-ring (bicyclic) bond motifs is 2. The third kappa shape index (κ3) is 4.04. The van der Waals surface area contributed by atoms with E-state index in [1.807, 2.05) is 37.3 Å². The maximum absolute atomic E-state index is 13.5. The van der Waals surface area contributed by atoms with Crippen LogP contribution in [0.25, 0.3) is 5.65 Å². The Labute approximate surface area is 199 Å². The number of rotatable bonds is 6. The van der Waals surface area contributed by atoms with E-state index in [2.05, 4.69) is 10.3 Å². The van der Waals surface area contributed by atoms with E-state index in [9.17, 15) is 14.7 Å². The maximum atomic E-state index is 13.5. The van der Waals surface area contributed by atoms with Gasteiger partial charge in [-0.15, -0.1) is 0 Å². The predicted molar refractivity (Wildman–Crippen MR) is 128 cm³/mol. The third-order valence-electron chi connectivity index (χ3n) is 7.41. The molecule has 34 heavy (non-hydrogen) atoms. The highest BCUT2D eigenvalue weighted by Crippen LogP contribution is 2.38. The number of pyridine rings is 1. The molecule has 1 unspecified atom stereocenters. The molecule has 5 rings (SSSR count). The van der Waals surface area contributed by atoms with Crippen molar-refractivity contribution < 1.29 is 19.4 Å². The highest BCUT2D eigenvalue weighted by molar-refractivity contribution is 5.95. The van der Waals surface area contributed by atoms with Crippen LogP contribution in [0.15, 0.2) is 36.5 Å². The fourth-order valence-corrected chi connectivity index (χ4v) is 5.57. The molecule has 2 aliphatic carbocycles. The minimum atomic E-state index is -0.908. The molecule has 178 valence electrons. The average molecular weight is 462 g/mol. The summed E-state index contributed by atoms with van der Waals surface area (Å²) in [6.07, 6.45) is 8.41. The number of ether oxygens (including phenoxy) is 1. The van der Waals surface area contributed by atoms with Gasteiger partial charge in [-0.25, -0.2) is 4.98 Å². The zero-order valence-corrected chi connectivity index (χ0v) is 19.7. The molecular weight excluding hydrogens is 430 g/mol. The zero-order chi connectivity index (χ0) is 23.8. The Bertz CT molecular complexity index is 1240. The number of nitrogens with zero attached hydrogens (tertiary/aromatic N) is 2. The fraction of sp³-hybridized carbons (Fsp3) is 0.444. The minimum Gasteiger partial charge on any atom is -0.489 e. The fourth-order valence-electron chi connectivity index (χ4n) is 5.57. The molecule has 1 saturated carbocycles. The van der Waals surface area contributed by atoms with Crippen molar-refractivity contribution in [1.82, 2.24) is 14.7 Å². The average Bonchev–Trinajstić information content (AvgIpc) is 3.37. The summed E-state index contributed by atoms with van der Waals surface area (Å²) >= 11 is 0. The van der Waals surface area contributed by atoms with E-state index in [1.54, 1.807) is 17.5 Å². The molecule has 0 saturated heterocycles. The Morgan fingerprint density at radius 1 is 1.15 bits per heavy atom. The molecule has 7 nitrogen and oxygen atoms in total. The first-order chi connectivity index (χ1) is 16.4. The summed E-state index contributed by atoms with van der Waals surface area (Å²) in [5.41, 5.74) is 4.53. The molecule has 0 radical (unpaired) electrons. The maximum Gasteiger partial charge on any atom is 0.309 e. The number of hydrogen-bond acceptors (Lipinski definition) is 4. The van der Waals surface area contributed by atoms with Crippen LogP contribution in [0.2, 0.25) is 0 Å². The Morgan fingerprint density at radius 3 is 2.71 bits per heavy atom.